The zero-order valence-electron chi connectivity index (χ0n) is 19.4. The van der Waals surface area contributed by atoms with Crippen LogP contribution in [0, 0.1) is 28.9 Å². The Morgan fingerprint density at radius 1 is 1.22 bits per heavy atom. The lowest BCUT2D eigenvalue weighted by Gasteiger charge is -2.29. The minimum atomic E-state index is -1.52. The van der Waals surface area contributed by atoms with Crippen LogP contribution in [0.15, 0.2) is 36.4 Å². The molecule has 0 aromatic heterocycles. The number of para-hydroxylation sites is 1. The fourth-order valence-corrected chi connectivity index (χ4v) is 5.75. The third-order valence-corrected chi connectivity index (χ3v) is 7.26. The third-order valence-electron chi connectivity index (χ3n) is 7.26. The highest BCUT2D eigenvalue weighted by atomic mass is 16.6. The molecule has 3 aliphatic heterocycles. The summed E-state index contributed by atoms with van der Waals surface area (Å²) >= 11 is 0. The van der Waals surface area contributed by atoms with Crippen LogP contribution in [0.5, 0.6) is 5.75 Å². The Morgan fingerprint density at radius 3 is 2.61 bits per heavy atom. The van der Waals surface area contributed by atoms with Gasteiger partial charge in [-0.05, 0) is 25.0 Å². The summed E-state index contributed by atoms with van der Waals surface area (Å²) in [7, 11) is 1.25. The summed E-state index contributed by atoms with van der Waals surface area (Å²) in [6, 6.07) is 8.73. The molecule has 12 nitrogen and oxygen atoms in total. The molecule has 36 heavy (non-hydrogen) atoms. The van der Waals surface area contributed by atoms with Crippen LogP contribution in [-0.4, -0.2) is 41.7 Å². The van der Waals surface area contributed by atoms with E-state index in [0.717, 1.165) is 4.90 Å². The van der Waals surface area contributed by atoms with Crippen molar-refractivity contribution in [3.05, 3.63) is 57.6 Å². The molecule has 0 aliphatic carbocycles. The predicted molar refractivity (Wildman–Crippen MR) is 126 cm³/mol. The smallest absolute Gasteiger partial charge is 0.311 e. The van der Waals surface area contributed by atoms with Gasteiger partial charge in [0.1, 0.15) is 5.54 Å². The number of carbonyl (C=O) groups is 4. The van der Waals surface area contributed by atoms with Gasteiger partial charge < -0.3 is 15.8 Å². The summed E-state index contributed by atoms with van der Waals surface area (Å²) in [6.45, 7) is 1.55. The van der Waals surface area contributed by atoms with Gasteiger partial charge in [0.15, 0.2) is 5.75 Å². The van der Waals surface area contributed by atoms with Gasteiger partial charge in [-0.3, -0.25) is 34.6 Å². The van der Waals surface area contributed by atoms with Crippen LogP contribution in [0.25, 0.3) is 0 Å². The number of hydrogen-bond acceptors (Lipinski definition) is 8. The van der Waals surface area contributed by atoms with Crippen LogP contribution in [-0.2, 0) is 24.7 Å². The lowest BCUT2D eigenvalue weighted by atomic mass is 9.76. The summed E-state index contributed by atoms with van der Waals surface area (Å²) in [5, 5.41) is 17.5. The molecule has 2 aromatic carbocycles. The topological polar surface area (TPSA) is 174 Å². The van der Waals surface area contributed by atoms with Crippen LogP contribution < -0.4 is 26.0 Å². The SMILES string of the molecule is COc1cc(N2C(=O)[C@H]3[C@H](CCC(N)=O)N[C@@]4(C(=O)Nc5ccccc54)[C@@H]3C2=O)c(C)cc1[N+](=O)[O-]. The number of nitrogens with two attached hydrogens (primary N) is 1. The second-order valence-electron chi connectivity index (χ2n) is 9.15. The molecule has 0 radical (unpaired) electrons. The molecule has 4 amide bonds. The molecule has 4 N–H and O–H groups in total. The Bertz CT molecular complexity index is 1360. The number of amides is 4. The average Bonchev–Trinajstić information content (AvgIpc) is 3.42. The molecule has 0 saturated carbocycles. The first-order chi connectivity index (χ1) is 17.1. The minimum absolute atomic E-state index is 0.0495. The number of rotatable bonds is 6. The number of hydrogen-bond donors (Lipinski definition) is 3. The van der Waals surface area contributed by atoms with E-state index in [1.54, 1.807) is 31.2 Å². The summed E-state index contributed by atoms with van der Waals surface area (Å²) < 4.78 is 5.15. The van der Waals surface area contributed by atoms with Crippen molar-refractivity contribution in [2.24, 2.45) is 17.6 Å². The van der Waals surface area contributed by atoms with E-state index in [9.17, 15) is 29.3 Å². The molecule has 0 bridgehead atoms. The number of imide groups is 1. The van der Waals surface area contributed by atoms with E-state index < -0.39 is 52.0 Å². The van der Waals surface area contributed by atoms with Crippen molar-refractivity contribution in [2.45, 2.75) is 31.3 Å². The first kappa shape index (κ1) is 23.4. The lowest BCUT2D eigenvalue weighted by Crippen LogP contribution is -2.53. The van der Waals surface area contributed by atoms with Gasteiger partial charge >= 0.3 is 5.69 Å². The van der Waals surface area contributed by atoms with E-state index >= 15 is 0 Å². The fraction of sp³-hybridized carbons (Fsp3) is 0.333. The maximum atomic E-state index is 14.0. The molecule has 5 rings (SSSR count). The van der Waals surface area contributed by atoms with E-state index in [2.05, 4.69) is 10.6 Å². The van der Waals surface area contributed by atoms with Gasteiger partial charge in [-0.1, -0.05) is 18.2 Å². The largest absolute Gasteiger partial charge is 0.490 e. The van der Waals surface area contributed by atoms with Crippen molar-refractivity contribution in [1.29, 1.82) is 0 Å². The summed E-state index contributed by atoms with van der Waals surface area (Å²) in [6.07, 6.45) is 0.0925. The highest BCUT2D eigenvalue weighted by Gasteiger charge is 2.70. The highest BCUT2D eigenvalue weighted by molar-refractivity contribution is 6.26. The Morgan fingerprint density at radius 2 is 1.94 bits per heavy atom. The number of ether oxygens (including phenoxy) is 1. The normalized spacial score (nSPS) is 26.2. The van der Waals surface area contributed by atoms with Crippen LogP contribution in [0.2, 0.25) is 0 Å². The molecular formula is C24H23N5O7. The van der Waals surface area contributed by atoms with Crippen molar-refractivity contribution < 1.29 is 28.8 Å². The maximum absolute atomic E-state index is 14.0. The van der Waals surface area contributed by atoms with E-state index in [0.29, 0.717) is 16.8 Å². The molecular weight excluding hydrogens is 470 g/mol. The Balaban J connectivity index is 1.66. The van der Waals surface area contributed by atoms with E-state index in [1.807, 2.05) is 0 Å². The molecule has 3 aliphatic rings. The summed E-state index contributed by atoms with van der Waals surface area (Å²) in [5.41, 5.74) is 5.03. The van der Waals surface area contributed by atoms with E-state index in [4.69, 9.17) is 10.5 Å². The second kappa shape index (κ2) is 8.12. The number of methoxy groups -OCH3 is 1. The van der Waals surface area contributed by atoms with Gasteiger partial charge in [0, 0.05) is 35.8 Å². The summed E-state index contributed by atoms with van der Waals surface area (Å²) in [5.74, 6) is -4.41. The molecule has 0 unspecified atom stereocenters. The number of nitro groups is 1. The van der Waals surface area contributed by atoms with E-state index in [1.165, 1.54) is 19.2 Å². The van der Waals surface area contributed by atoms with Crippen molar-refractivity contribution in [1.82, 2.24) is 5.32 Å². The number of nitrogens with zero attached hydrogens (tertiary/aromatic N) is 2. The molecule has 2 fully saturated rings. The zero-order chi connectivity index (χ0) is 25.9. The fourth-order valence-electron chi connectivity index (χ4n) is 5.75. The van der Waals surface area contributed by atoms with Crippen molar-refractivity contribution >= 4 is 40.7 Å². The van der Waals surface area contributed by atoms with E-state index in [-0.39, 0.29) is 30.0 Å². The number of anilines is 2. The monoisotopic (exact) mass is 493 g/mol. The summed E-state index contributed by atoms with van der Waals surface area (Å²) in [4.78, 5) is 64.6. The molecule has 3 heterocycles. The molecule has 4 atom stereocenters. The third kappa shape index (κ3) is 3.10. The quantitative estimate of drug-likeness (QED) is 0.305. The van der Waals surface area contributed by atoms with Crippen LogP contribution in [0.4, 0.5) is 17.1 Å². The van der Waals surface area contributed by atoms with Crippen LogP contribution in [0.1, 0.15) is 24.0 Å². The Kier molecular flexibility index (Phi) is 5.29. The highest BCUT2D eigenvalue weighted by Crippen LogP contribution is 2.54. The van der Waals surface area contributed by atoms with Crippen molar-refractivity contribution in [2.75, 3.05) is 17.3 Å². The molecule has 186 valence electrons. The zero-order valence-corrected chi connectivity index (χ0v) is 19.4. The lowest BCUT2D eigenvalue weighted by molar-refractivity contribution is -0.385. The molecule has 2 aromatic rings. The van der Waals surface area contributed by atoms with Gasteiger partial charge in [-0.2, -0.15) is 0 Å². The van der Waals surface area contributed by atoms with Gasteiger partial charge in [-0.15, -0.1) is 0 Å². The van der Waals surface area contributed by atoms with Crippen LogP contribution in [0.3, 0.4) is 0 Å². The van der Waals surface area contributed by atoms with Gasteiger partial charge in [-0.25, -0.2) is 4.90 Å². The van der Waals surface area contributed by atoms with Gasteiger partial charge in [0.25, 0.3) is 0 Å². The molecule has 1 spiro atoms. The standard InChI is InChI=1S/C24H23N5O7/c1-11-9-16(29(34)35)17(36-2)10-15(11)28-21(31)19-14(7-8-18(25)30)27-24(20(19)22(28)32)12-5-3-4-6-13(12)26-23(24)33/h3-6,9-10,14,19-20,27H,7-8H2,1-2H3,(H2,25,30)(H,26,33)/t14-,19-,20-,24+/m0/s1. The van der Waals surface area contributed by atoms with Gasteiger partial charge in [0.2, 0.25) is 23.6 Å². The maximum Gasteiger partial charge on any atom is 0.311 e. The number of fused-ring (bicyclic) bond motifs is 4. The van der Waals surface area contributed by atoms with Crippen molar-refractivity contribution in [3.63, 3.8) is 0 Å². The van der Waals surface area contributed by atoms with Crippen molar-refractivity contribution in [3.8, 4) is 5.75 Å². The Labute approximate surface area is 204 Å². The number of benzene rings is 2. The second-order valence-corrected chi connectivity index (χ2v) is 9.15. The number of carbonyl (C=O) groups excluding carboxylic acids is 4. The first-order valence-corrected chi connectivity index (χ1v) is 11.3. The number of primary amides is 1. The predicted octanol–water partition coefficient (Wildman–Crippen LogP) is 1.10. The van der Waals surface area contributed by atoms with Gasteiger partial charge in [0.05, 0.1) is 29.6 Å². The van der Waals surface area contributed by atoms with Crippen LogP contribution >= 0.6 is 0 Å². The first-order valence-electron chi connectivity index (χ1n) is 11.3. The minimum Gasteiger partial charge on any atom is -0.490 e. The number of nitrogens with one attached hydrogen (secondary N) is 2. The number of nitro benzene ring substituents is 1. The Hall–Kier alpha value is -4.32. The molecule has 12 heteroatoms. The number of aryl methyl sites for hydroxylation is 1. The average molecular weight is 493 g/mol. The molecule has 2 saturated heterocycles.